The number of hydrogen-bond acceptors (Lipinski definition) is 6. The van der Waals surface area contributed by atoms with Crippen LogP contribution in [-0.2, 0) is 18.9 Å². The van der Waals surface area contributed by atoms with E-state index in [2.05, 4.69) is 25.6 Å². The number of nitrogens with two attached hydrogens (primary N) is 1. The van der Waals surface area contributed by atoms with Crippen molar-refractivity contribution in [3.05, 3.63) is 30.3 Å². The summed E-state index contributed by atoms with van der Waals surface area (Å²) in [6.45, 7) is 10.1. The predicted molar refractivity (Wildman–Crippen MR) is 106 cm³/mol. The molecule has 1 amide bonds. The van der Waals surface area contributed by atoms with Gasteiger partial charge in [0.15, 0.2) is 0 Å². The summed E-state index contributed by atoms with van der Waals surface area (Å²) in [5.41, 5.74) is 6.78. The minimum atomic E-state index is -1.42. The molecule has 144 valence electrons. The van der Waals surface area contributed by atoms with Crippen LogP contribution in [0.15, 0.2) is 24.8 Å². The SMILES string of the molecule is C=C(N)c1c(N[S-](=O)=[Si])cccc1OCCCCNC(=O)OC(C)(C)C. The highest BCUT2D eigenvalue weighted by atomic mass is 32.3. The third-order valence-corrected chi connectivity index (χ3v) is 3.76. The second-order valence-corrected chi connectivity index (χ2v) is 8.41. The average molecular weight is 397 g/mol. The van der Waals surface area contributed by atoms with Crippen molar-refractivity contribution >= 4 is 36.4 Å². The molecule has 0 aliphatic rings. The Hall–Kier alpha value is -2.00. The topological polar surface area (TPSA) is 103 Å². The molecule has 0 atom stereocenters. The van der Waals surface area contributed by atoms with Crippen molar-refractivity contribution in [3.63, 3.8) is 0 Å². The Kier molecular flexibility index (Phi) is 8.66. The number of ether oxygens (including phenoxy) is 2. The zero-order valence-corrected chi connectivity index (χ0v) is 17.2. The van der Waals surface area contributed by atoms with Crippen molar-refractivity contribution in [2.75, 3.05) is 17.9 Å². The summed E-state index contributed by atoms with van der Waals surface area (Å²) in [5, 5.41) is 2.70. The van der Waals surface area contributed by atoms with Crippen molar-refractivity contribution in [3.8, 4) is 5.75 Å². The van der Waals surface area contributed by atoms with Gasteiger partial charge in [0.1, 0.15) is 11.4 Å². The van der Waals surface area contributed by atoms with Crippen LogP contribution in [-0.4, -0.2) is 33.8 Å². The molecule has 0 aromatic heterocycles. The number of amides is 1. The zero-order chi connectivity index (χ0) is 19.7. The van der Waals surface area contributed by atoms with Gasteiger partial charge in [-0.05, 0) is 45.7 Å². The van der Waals surface area contributed by atoms with E-state index in [1.54, 1.807) is 18.2 Å². The largest absolute Gasteiger partial charge is 0.493 e. The van der Waals surface area contributed by atoms with E-state index >= 15 is 0 Å². The number of carbonyl (C=O) groups is 1. The average Bonchev–Trinajstić information content (AvgIpc) is 2.48. The molecule has 0 bridgehead atoms. The summed E-state index contributed by atoms with van der Waals surface area (Å²) >= 11 is 0. The third-order valence-electron chi connectivity index (χ3n) is 3.05. The van der Waals surface area contributed by atoms with Gasteiger partial charge in [-0.2, -0.15) is 0 Å². The second kappa shape index (κ2) is 10.2. The van der Waals surface area contributed by atoms with Crippen LogP contribution in [0, 0.1) is 0 Å². The van der Waals surface area contributed by atoms with Crippen LogP contribution in [0.5, 0.6) is 5.75 Å². The molecule has 0 aliphatic carbocycles. The number of alkyl carbamates (subject to hydrolysis) is 1. The fraction of sp³-hybridized carbons (Fsp3) is 0.471. The summed E-state index contributed by atoms with van der Waals surface area (Å²) in [7, 11) is 1.56. The van der Waals surface area contributed by atoms with Gasteiger partial charge >= 0.3 is 6.09 Å². The number of rotatable bonds is 9. The molecule has 9 heteroatoms. The summed E-state index contributed by atoms with van der Waals surface area (Å²) in [6.07, 6.45) is 1.04. The highest BCUT2D eigenvalue weighted by Crippen LogP contribution is 2.30. The Balaban J connectivity index is 2.48. The maximum Gasteiger partial charge on any atom is 0.407 e. The molecule has 1 aromatic carbocycles. The lowest BCUT2D eigenvalue weighted by Crippen LogP contribution is -2.33. The van der Waals surface area contributed by atoms with Gasteiger partial charge in [-0.25, -0.2) is 14.8 Å². The molecule has 0 aliphatic heterocycles. The lowest BCUT2D eigenvalue weighted by Gasteiger charge is -2.20. The first-order valence-electron chi connectivity index (χ1n) is 8.17. The van der Waals surface area contributed by atoms with Gasteiger partial charge in [-0.3, -0.25) is 0 Å². The molecule has 26 heavy (non-hydrogen) atoms. The minimum absolute atomic E-state index is 0.312. The highest BCUT2D eigenvalue weighted by Gasteiger charge is 2.15. The van der Waals surface area contributed by atoms with E-state index in [4.69, 9.17) is 15.2 Å². The normalized spacial score (nSPS) is 11.1. The Labute approximate surface area is 159 Å². The van der Waals surface area contributed by atoms with Crippen LogP contribution in [0.1, 0.15) is 39.2 Å². The number of hydrogen-bond donors (Lipinski definition) is 3. The second-order valence-electron chi connectivity index (χ2n) is 6.56. The first kappa shape index (κ1) is 22.0. The van der Waals surface area contributed by atoms with Gasteiger partial charge < -0.3 is 29.5 Å². The van der Waals surface area contributed by atoms with E-state index in [0.29, 0.717) is 35.8 Å². The molecule has 0 unspecified atom stereocenters. The van der Waals surface area contributed by atoms with Crippen LogP contribution in [0.25, 0.3) is 5.70 Å². The Bertz CT molecular complexity index is 706. The standard InChI is InChI=1S/C17H26N3O4SSi/c1-12(18)15-13(20-25(22)26)8-7-9-14(15)23-11-6-5-10-19-16(21)24-17(2,3)4/h7-9H,1,5-6,10-11,18H2,2-4H3,(H,19,21)(H,20,22)/q-1. The maximum atomic E-state index is 11.5. The van der Waals surface area contributed by atoms with Crippen LogP contribution >= 0.6 is 0 Å². The summed E-state index contributed by atoms with van der Waals surface area (Å²) < 4.78 is 25.0. The van der Waals surface area contributed by atoms with Crippen molar-refractivity contribution in [2.45, 2.75) is 39.2 Å². The Morgan fingerprint density at radius 1 is 1.35 bits per heavy atom. The molecule has 1 rings (SSSR count). The zero-order valence-electron chi connectivity index (χ0n) is 15.4. The monoisotopic (exact) mass is 396 g/mol. The van der Waals surface area contributed by atoms with E-state index in [1.165, 1.54) is 0 Å². The number of nitrogens with one attached hydrogen (secondary N) is 2. The van der Waals surface area contributed by atoms with Crippen LogP contribution < -0.4 is 20.5 Å². The van der Waals surface area contributed by atoms with Gasteiger partial charge in [0.25, 0.3) is 0 Å². The maximum absolute atomic E-state index is 11.5. The molecule has 0 fully saturated rings. The number of unbranched alkanes of at least 4 members (excludes halogenated alkanes) is 1. The Morgan fingerprint density at radius 3 is 2.62 bits per heavy atom. The van der Waals surface area contributed by atoms with E-state index in [1.807, 2.05) is 20.8 Å². The molecular weight excluding hydrogens is 370 g/mol. The number of anilines is 1. The van der Waals surface area contributed by atoms with E-state index < -0.39 is 21.7 Å². The van der Waals surface area contributed by atoms with Gasteiger partial charge in [0, 0.05) is 17.9 Å². The van der Waals surface area contributed by atoms with Crippen LogP contribution in [0.2, 0.25) is 0 Å². The van der Waals surface area contributed by atoms with Gasteiger partial charge in [0.2, 0.25) is 0 Å². The number of benzene rings is 1. The number of carbonyl (C=O) groups excluding carboxylic acids is 1. The van der Waals surface area contributed by atoms with Gasteiger partial charge in [-0.15, -0.1) is 8.95 Å². The molecular formula is C17H26N3O4SSi-. The predicted octanol–water partition coefficient (Wildman–Crippen LogP) is 2.67. The molecule has 0 heterocycles. The smallest absolute Gasteiger partial charge is 0.407 e. The van der Waals surface area contributed by atoms with Crippen molar-refractivity contribution in [1.82, 2.24) is 5.32 Å². The molecule has 0 spiro atoms. The van der Waals surface area contributed by atoms with Crippen molar-refractivity contribution in [1.29, 1.82) is 0 Å². The quantitative estimate of drug-likeness (QED) is 0.338. The molecule has 4 N–H and O–H groups in total. The minimum Gasteiger partial charge on any atom is -0.493 e. The highest BCUT2D eigenvalue weighted by molar-refractivity contribution is 7.89. The van der Waals surface area contributed by atoms with Gasteiger partial charge in [0.05, 0.1) is 12.2 Å². The third kappa shape index (κ3) is 8.39. The molecule has 0 saturated heterocycles. The van der Waals surface area contributed by atoms with E-state index in [0.717, 1.165) is 12.8 Å². The molecule has 2 radical (unpaired) electrons. The summed E-state index contributed by atoms with van der Waals surface area (Å²) in [4.78, 5) is 11.5. The lowest BCUT2D eigenvalue weighted by molar-refractivity contribution is 0.0526. The fourth-order valence-corrected chi connectivity index (χ4v) is 2.78. The first-order chi connectivity index (χ1) is 12.1. The van der Waals surface area contributed by atoms with Crippen molar-refractivity contribution in [2.24, 2.45) is 5.73 Å². The van der Waals surface area contributed by atoms with E-state index in [9.17, 15) is 9.00 Å². The first-order valence-corrected chi connectivity index (χ1v) is 10.5. The molecule has 0 saturated carbocycles. The van der Waals surface area contributed by atoms with Crippen molar-refractivity contribution < 1.29 is 18.5 Å². The summed E-state index contributed by atoms with van der Waals surface area (Å²) in [5.74, 6) is 0.555. The molecule has 7 nitrogen and oxygen atoms in total. The van der Waals surface area contributed by atoms with Crippen LogP contribution in [0.4, 0.5) is 10.5 Å². The molecule has 1 aromatic rings. The lowest BCUT2D eigenvalue weighted by atomic mass is 10.1. The Morgan fingerprint density at radius 2 is 2.04 bits per heavy atom. The summed E-state index contributed by atoms with van der Waals surface area (Å²) in [6, 6.07) is 5.28. The van der Waals surface area contributed by atoms with Gasteiger partial charge in [-0.1, -0.05) is 12.6 Å². The van der Waals surface area contributed by atoms with E-state index in [-0.39, 0.29) is 0 Å². The fourth-order valence-electron chi connectivity index (χ4n) is 2.08. The van der Waals surface area contributed by atoms with Crippen LogP contribution in [0.3, 0.4) is 0 Å².